The highest BCUT2D eigenvalue weighted by molar-refractivity contribution is 5.91. The predicted octanol–water partition coefficient (Wildman–Crippen LogP) is 3.12. The number of hydrogen-bond acceptors (Lipinski definition) is 2. The van der Waals surface area contributed by atoms with Crippen molar-refractivity contribution in [3.63, 3.8) is 0 Å². The van der Waals surface area contributed by atoms with Crippen molar-refractivity contribution in [3.05, 3.63) is 59.7 Å². The molecule has 0 aliphatic heterocycles. The van der Waals surface area contributed by atoms with Gasteiger partial charge in [-0.05, 0) is 22.8 Å². The Kier molecular flexibility index (Phi) is 3.40. The Labute approximate surface area is 105 Å². The number of aromatic carboxylic acids is 1. The molecule has 2 aromatic carbocycles. The molecule has 0 aromatic heterocycles. The minimum absolute atomic E-state index is 0.108. The average molecular weight is 237 g/mol. The molecule has 3 nitrogen and oxygen atoms in total. The van der Waals surface area contributed by atoms with Crippen LogP contribution in [-0.4, -0.2) is 11.1 Å². The van der Waals surface area contributed by atoms with Gasteiger partial charge >= 0.3 is 5.97 Å². The van der Waals surface area contributed by atoms with Crippen molar-refractivity contribution in [2.75, 3.05) is 0 Å². The van der Waals surface area contributed by atoms with E-state index in [-0.39, 0.29) is 12.0 Å². The second-order valence-corrected chi connectivity index (χ2v) is 3.88. The molecule has 18 heavy (non-hydrogen) atoms. The first-order valence-electron chi connectivity index (χ1n) is 5.51. The van der Waals surface area contributed by atoms with Gasteiger partial charge in [-0.15, -0.1) is 0 Å². The summed E-state index contributed by atoms with van der Waals surface area (Å²) in [5.74, 6) is -1.00. The van der Waals surface area contributed by atoms with Crippen LogP contribution in [0.4, 0.5) is 0 Å². The highest BCUT2D eigenvalue weighted by Crippen LogP contribution is 2.22. The first kappa shape index (κ1) is 11.9. The zero-order valence-corrected chi connectivity index (χ0v) is 9.63. The lowest BCUT2D eigenvalue weighted by atomic mass is 9.98. The van der Waals surface area contributed by atoms with Crippen molar-refractivity contribution in [1.82, 2.24) is 0 Å². The monoisotopic (exact) mass is 237 g/mol. The number of nitriles is 1. The van der Waals surface area contributed by atoms with E-state index in [1.807, 2.05) is 42.5 Å². The Morgan fingerprint density at radius 3 is 2.44 bits per heavy atom. The Morgan fingerprint density at radius 2 is 1.83 bits per heavy atom. The van der Waals surface area contributed by atoms with Gasteiger partial charge in [-0.2, -0.15) is 5.26 Å². The molecule has 0 bridgehead atoms. The predicted molar refractivity (Wildman–Crippen MR) is 68.2 cm³/mol. The maximum absolute atomic E-state index is 11.2. The lowest BCUT2D eigenvalue weighted by molar-refractivity contribution is 0.0696. The van der Waals surface area contributed by atoms with Crippen LogP contribution in [0.2, 0.25) is 0 Å². The van der Waals surface area contributed by atoms with E-state index in [2.05, 4.69) is 0 Å². The number of nitrogens with zero attached hydrogens (tertiary/aromatic N) is 1. The lowest BCUT2D eigenvalue weighted by Gasteiger charge is -2.06. The zero-order chi connectivity index (χ0) is 13.0. The molecule has 0 fully saturated rings. The van der Waals surface area contributed by atoms with Gasteiger partial charge in [-0.1, -0.05) is 42.5 Å². The maximum atomic E-state index is 11.2. The molecule has 88 valence electrons. The van der Waals surface area contributed by atoms with Gasteiger partial charge in [0.25, 0.3) is 0 Å². The van der Waals surface area contributed by atoms with Crippen molar-refractivity contribution in [2.24, 2.45) is 0 Å². The fourth-order valence-electron chi connectivity index (χ4n) is 1.83. The Bertz CT molecular complexity index is 612. The number of carboxylic acids is 1. The van der Waals surface area contributed by atoms with Gasteiger partial charge in [0.2, 0.25) is 0 Å². The molecule has 0 saturated carbocycles. The third-order valence-corrected chi connectivity index (χ3v) is 2.72. The number of benzene rings is 2. The minimum atomic E-state index is -1.00. The fourth-order valence-corrected chi connectivity index (χ4v) is 1.83. The van der Waals surface area contributed by atoms with Crippen LogP contribution in [0.5, 0.6) is 0 Å². The number of hydrogen-bond donors (Lipinski definition) is 1. The molecule has 0 heterocycles. The van der Waals surface area contributed by atoms with Gasteiger partial charge in [-0.25, -0.2) is 4.79 Å². The molecule has 0 radical (unpaired) electrons. The zero-order valence-electron chi connectivity index (χ0n) is 9.63. The highest BCUT2D eigenvalue weighted by atomic mass is 16.4. The molecule has 3 heteroatoms. The normalized spacial score (nSPS) is 9.72. The average Bonchev–Trinajstić information content (AvgIpc) is 2.40. The van der Waals surface area contributed by atoms with Crippen LogP contribution >= 0.6 is 0 Å². The van der Waals surface area contributed by atoms with E-state index in [0.717, 1.165) is 11.1 Å². The van der Waals surface area contributed by atoms with E-state index < -0.39 is 5.97 Å². The molecular formula is C15H11NO2. The summed E-state index contributed by atoms with van der Waals surface area (Å²) in [6.45, 7) is 0. The van der Waals surface area contributed by atoms with Crippen LogP contribution < -0.4 is 0 Å². The van der Waals surface area contributed by atoms with Gasteiger partial charge in [-0.3, -0.25) is 0 Å². The summed E-state index contributed by atoms with van der Waals surface area (Å²) >= 11 is 0. The van der Waals surface area contributed by atoms with Gasteiger partial charge in [0.05, 0.1) is 18.1 Å². The van der Waals surface area contributed by atoms with Gasteiger partial charge < -0.3 is 5.11 Å². The van der Waals surface area contributed by atoms with E-state index in [1.165, 1.54) is 0 Å². The first-order chi connectivity index (χ1) is 8.72. The van der Waals surface area contributed by atoms with Crippen LogP contribution in [0.15, 0.2) is 48.5 Å². The SMILES string of the molecule is N#CCc1ccc(-c2ccccc2)cc1C(=O)O. The summed E-state index contributed by atoms with van der Waals surface area (Å²) in [4.78, 5) is 11.2. The molecule has 2 aromatic rings. The molecule has 0 amide bonds. The second-order valence-electron chi connectivity index (χ2n) is 3.88. The summed E-state index contributed by atoms with van der Waals surface area (Å²) in [6.07, 6.45) is 0.108. The third-order valence-electron chi connectivity index (χ3n) is 2.72. The summed E-state index contributed by atoms with van der Waals surface area (Å²) in [5, 5.41) is 17.8. The Balaban J connectivity index is 2.51. The molecule has 1 N–H and O–H groups in total. The Morgan fingerprint density at radius 1 is 1.11 bits per heavy atom. The first-order valence-corrected chi connectivity index (χ1v) is 5.51. The van der Waals surface area contributed by atoms with E-state index in [4.69, 9.17) is 10.4 Å². The number of carbonyl (C=O) groups is 1. The Hall–Kier alpha value is -2.60. The van der Waals surface area contributed by atoms with Crippen LogP contribution in [-0.2, 0) is 6.42 Å². The van der Waals surface area contributed by atoms with Gasteiger partial charge in [0.15, 0.2) is 0 Å². The van der Waals surface area contributed by atoms with Crippen LogP contribution in [0.1, 0.15) is 15.9 Å². The topological polar surface area (TPSA) is 61.1 Å². The van der Waals surface area contributed by atoms with Gasteiger partial charge in [0, 0.05) is 0 Å². The van der Waals surface area contributed by atoms with E-state index in [0.29, 0.717) is 5.56 Å². The van der Waals surface area contributed by atoms with Crippen molar-refractivity contribution in [3.8, 4) is 17.2 Å². The largest absolute Gasteiger partial charge is 0.478 e. The molecule has 0 aliphatic rings. The summed E-state index contributed by atoms with van der Waals surface area (Å²) in [7, 11) is 0. The van der Waals surface area contributed by atoms with Gasteiger partial charge in [0.1, 0.15) is 0 Å². The fraction of sp³-hybridized carbons (Fsp3) is 0.0667. The van der Waals surface area contributed by atoms with E-state index >= 15 is 0 Å². The summed E-state index contributed by atoms with van der Waals surface area (Å²) in [6, 6.07) is 16.7. The minimum Gasteiger partial charge on any atom is -0.478 e. The maximum Gasteiger partial charge on any atom is 0.336 e. The standard InChI is InChI=1S/C15H11NO2/c16-9-8-12-6-7-13(10-14(12)15(17)18)11-4-2-1-3-5-11/h1-7,10H,8H2,(H,17,18). The second kappa shape index (κ2) is 5.15. The van der Waals surface area contributed by atoms with E-state index in [9.17, 15) is 4.79 Å². The van der Waals surface area contributed by atoms with Crippen molar-refractivity contribution in [2.45, 2.75) is 6.42 Å². The molecule has 0 atom stereocenters. The number of carboxylic acid groups (broad SMARTS) is 1. The molecule has 2 rings (SSSR count). The molecule has 0 saturated heterocycles. The lowest BCUT2D eigenvalue weighted by Crippen LogP contribution is -2.02. The molecule has 0 spiro atoms. The molecular weight excluding hydrogens is 226 g/mol. The van der Waals surface area contributed by atoms with Crippen LogP contribution in [0.3, 0.4) is 0 Å². The van der Waals surface area contributed by atoms with E-state index in [1.54, 1.807) is 12.1 Å². The van der Waals surface area contributed by atoms with Crippen LogP contribution in [0.25, 0.3) is 11.1 Å². The van der Waals surface area contributed by atoms with Crippen molar-refractivity contribution < 1.29 is 9.90 Å². The van der Waals surface area contributed by atoms with Crippen molar-refractivity contribution in [1.29, 1.82) is 5.26 Å². The molecule has 0 unspecified atom stereocenters. The third kappa shape index (κ3) is 2.38. The van der Waals surface area contributed by atoms with Crippen molar-refractivity contribution >= 4 is 5.97 Å². The summed E-state index contributed by atoms with van der Waals surface area (Å²) < 4.78 is 0. The molecule has 0 aliphatic carbocycles. The smallest absolute Gasteiger partial charge is 0.336 e. The highest BCUT2D eigenvalue weighted by Gasteiger charge is 2.11. The number of rotatable bonds is 3. The van der Waals surface area contributed by atoms with Crippen LogP contribution in [0, 0.1) is 11.3 Å². The summed E-state index contributed by atoms with van der Waals surface area (Å²) in [5.41, 5.74) is 2.54. The quantitative estimate of drug-likeness (QED) is 0.892.